The van der Waals surface area contributed by atoms with E-state index >= 15 is 0 Å². The number of likely N-dealkylation sites (tertiary alicyclic amines) is 1. The quantitative estimate of drug-likeness (QED) is 0.0187. The van der Waals surface area contributed by atoms with E-state index < -0.39 is 151 Å². The third kappa shape index (κ3) is 21.4. The molecule has 28 nitrogen and oxygen atoms in total. The number of carbonyl (C=O) groups is 11. The zero-order valence-corrected chi connectivity index (χ0v) is 44.0. The Morgan fingerprint density at radius 2 is 1.21 bits per heavy atom. The number of aliphatic hydroxyl groups excluding tert-OH is 2. The summed E-state index contributed by atoms with van der Waals surface area (Å²) in [5.41, 5.74) is 22.2. The van der Waals surface area contributed by atoms with Crippen LogP contribution in [-0.4, -0.2) is 177 Å². The molecule has 1 heterocycles. The molecule has 0 aliphatic carbocycles. The van der Waals surface area contributed by atoms with E-state index in [4.69, 9.17) is 22.9 Å². The molecule has 0 aromatic heterocycles. The molecule has 28 heteroatoms. The Bertz CT molecular complexity index is 2230. The van der Waals surface area contributed by atoms with E-state index in [1.807, 2.05) is 0 Å². The molecule has 76 heavy (non-hydrogen) atoms. The summed E-state index contributed by atoms with van der Waals surface area (Å²) in [6, 6.07) is -5.06. The van der Waals surface area contributed by atoms with Gasteiger partial charge in [0.2, 0.25) is 59.1 Å². The van der Waals surface area contributed by atoms with Crippen LogP contribution >= 0.6 is 0 Å². The van der Waals surface area contributed by atoms with Crippen molar-refractivity contribution in [1.82, 2.24) is 47.4 Å². The molecule has 0 saturated carbocycles. The monoisotopic (exact) mass is 1070 g/mol. The SMILES string of the molecule is CC(C)C[C@H](NC(=O)[C@H](C)NC(=O)[C@H](CC(=O)O)NC(=O)[C@@H](N)CO)C(=O)N[C@@H](C)C(=O)N[C@@H](Cc1ccccc1)C(=O)N[C@H](C(=O)N1CCC[C@H]1C(=O)N[C@H](C(=O)N[C@@H](CCCN=C(N)N)C(N)=O)[C@@H](C)O)C(C)C. The lowest BCUT2D eigenvalue weighted by atomic mass is 9.99. The minimum absolute atomic E-state index is 0.0422. The Morgan fingerprint density at radius 1 is 0.671 bits per heavy atom. The maximum atomic E-state index is 14.4. The van der Waals surface area contributed by atoms with Gasteiger partial charge in [-0.3, -0.25) is 57.7 Å². The third-order valence-corrected chi connectivity index (χ3v) is 12.0. The predicted molar refractivity (Wildman–Crippen MR) is 274 cm³/mol. The highest BCUT2D eigenvalue weighted by molar-refractivity contribution is 5.99. The second-order valence-corrected chi connectivity index (χ2v) is 19.4. The first-order valence-electron chi connectivity index (χ1n) is 25.0. The van der Waals surface area contributed by atoms with Crippen LogP contribution in [0.1, 0.15) is 92.6 Å². The number of rotatable bonds is 31. The Kier molecular flexibility index (Phi) is 26.7. The number of hydrogen-bond donors (Lipinski definition) is 15. The number of carbonyl (C=O) groups excluding carboxylic acids is 10. The minimum atomic E-state index is -1.68. The van der Waals surface area contributed by atoms with Crippen LogP contribution in [0.4, 0.5) is 0 Å². The smallest absolute Gasteiger partial charge is 0.305 e. The van der Waals surface area contributed by atoms with Crippen LogP contribution in [0, 0.1) is 11.8 Å². The second kappa shape index (κ2) is 31.4. The molecule has 1 aromatic carbocycles. The molecule has 19 N–H and O–H groups in total. The highest BCUT2D eigenvalue weighted by Gasteiger charge is 2.42. The zero-order valence-electron chi connectivity index (χ0n) is 44.0. The maximum Gasteiger partial charge on any atom is 0.305 e. The summed E-state index contributed by atoms with van der Waals surface area (Å²) in [4.78, 5) is 151. The van der Waals surface area contributed by atoms with E-state index in [1.54, 1.807) is 58.0 Å². The molecule has 0 bridgehead atoms. The Balaban J connectivity index is 2.27. The van der Waals surface area contributed by atoms with Crippen molar-refractivity contribution in [2.45, 2.75) is 160 Å². The number of guanidine groups is 1. The second-order valence-electron chi connectivity index (χ2n) is 19.4. The number of primary amides is 1. The fourth-order valence-corrected chi connectivity index (χ4v) is 7.81. The first-order valence-corrected chi connectivity index (χ1v) is 25.0. The van der Waals surface area contributed by atoms with Gasteiger partial charge in [-0.15, -0.1) is 0 Å². The van der Waals surface area contributed by atoms with Crippen LogP contribution in [0.3, 0.4) is 0 Å². The van der Waals surface area contributed by atoms with Gasteiger partial charge in [0.1, 0.15) is 60.4 Å². The van der Waals surface area contributed by atoms with E-state index in [0.717, 1.165) is 0 Å². The van der Waals surface area contributed by atoms with Crippen LogP contribution < -0.4 is 65.5 Å². The molecule has 424 valence electrons. The van der Waals surface area contributed by atoms with Crippen LogP contribution in [-0.2, 0) is 59.2 Å². The molecule has 1 aromatic rings. The van der Waals surface area contributed by atoms with E-state index in [-0.39, 0.29) is 57.1 Å². The van der Waals surface area contributed by atoms with Gasteiger partial charge < -0.3 is 85.7 Å². The number of benzene rings is 1. The molecule has 0 radical (unpaired) electrons. The number of nitrogens with zero attached hydrogens (tertiary/aromatic N) is 2. The van der Waals surface area contributed by atoms with E-state index in [2.05, 4.69) is 47.5 Å². The lowest BCUT2D eigenvalue weighted by Crippen LogP contribution is -2.61. The molecular weight excluding hydrogens is 997 g/mol. The van der Waals surface area contributed by atoms with Crippen LogP contribution in [0.5, 0.6) is 0 Å². The van der Waals surface area contributed by atoms with Crippen molar-refractivity contribution in [3.8, 4) is 0 Å². The molecule has 11 atom stereocenters. The van der Waals surface area contributed by atoms with Gasteiger partial charge in [0.25, 0.3) is 0 Å². The summed E-state index contributed by atoms with van der Waals surface area (Å²) in [6.45, 7) is 10.1. The van der Waals surface area contributed by atoms with Crippen molar-refractivity contribution in [3.63, 3.8) is 0 Å². The predicted octanol–water partition coefficient (Wildman–Crippen LogP) is -5.45. The van der Waals surface area contributed by atoms with Gasteiger partial charge in [0, 0.05) is 19.5 Å². The molecule has 10 amide bonds. The van der Waals surface area contributed by atoms with Gasteiger partial charge >= 0.3 is 5.97 Å². The number of carboxylic acid groups (broad SMARTS) is 1. The van der Waals surface area contributed by atoms with Gasteiger partial charge in [-0.05, 0) is 70.3 Å². The van der Waals surface area contributed by atoms with Crippen molar-refractivity contribution in [3.05, 3.63) is 35.9 Å². The fourth-order valence-electron chi connectivity index (χ4n) is 7.81. The summed E-state index contributed by atoms with van der Waals surface area (Å²) < 4.78 is 0. The highest BCUT2D eigenvalue weighted by Crippen LogP contribution is 2.21. The van der Waals surface area contributed by atoms with Crippen molar-refractivity contribution < 1.29 is 68.1 Å². The number of nitrogens with two attached hydrogens (primary N) is 4. The molecule has 0 spiro atoms. The first kappa shape index (κ1) is 64.7. The summed E-state index contributed by atoms with van der Waals surface area (Å²) >= 11 is 0. The van der Waals surface area contributed by atoms with Crippen molar-refractivity contribution in [2.75, 3.05) is 19.7 Å². The van der Waals surface area contributed by atoms with Gasteiger partial charge in [-0.25, -0.2) is 0 Å². The van der Waals surface area contributed by atoms with Gasteiger partial charge in [-0.1, -0.05) is 58.0 Å². The Hall–Kier alpha value is -7.46. The summed E-state index contributed by atoms with van der Waals surface area (Å²) in [5, 5.41) is 48.8. The van der Waals surface area contributed by atoms with Crippen molar-refractivity contribution in [2.24, 2.45) is 39.8 Å². The molecule has 1 aliphatic rings. The van der Waals surface area contributed by atoms with E-state index in [1.165, 1.54) is 25.7 Å². The standard InChI is InChI=1S/C48H78N14O14/c1-23(2)19-31(57-39(68)25(5)55-43(72)33(21-35(65)66)59-41(70)29(49)22-63)42(71)54-26(6)40(69)58-32(20-28-13-9-8-10-14-28)44(73)60-36(24(3)4)47(76)62-18-12-16-34(62)45(74)61-37(27(7)64)46(75)56-30(38(50)67)15-11-17-53-48(51)52/h8-10,13-14,23-27,29-34,36-37,63-64H,11-12,15-22,49H2,1-7H3,(H2,50,67)(H,54,71)(H,55,72)(H,56,75)(H,57,68)(H,58,69)(H,59,70)(H,60,73)(H,61,74)(H,65,66)(H4,51,52,53)/t25-,26-,27+,29-,30-,31-,32-,33-,34-,36-,37-/m0/s1. The van der Waals surface area contributed by atoms with Crippen molar-refractivity contribution in [1.29, 1.82) is 0 Å². The lowest BCUT2D eigenvalue weighted by Gasteiger charge is -2.32. The summed E-state index contributed by atoms with van der Waals surface area (Å²) in [5.74, 6) is -11.1. The molecular formula is C48H78N14O14. The molecule has 1 aliphatic heterocycles. The number of amides is 10. The topological polar surface area (TPSA) is 464 Å². The Morgan fingerprint density at radius 3 is 1.72 bits per heavy atom. The Labute approximate surface area is 440 Å². The third-order valence-electron chi connectivity index (χ3n) is 12.0. The molecule has 0 unspecified atom stereocenters. The first-order chi connectivity index (χ1) is 35.6. The zero-order chi connectivity index (χ0) is 57.6. The largest absolute Gasteiger partial charge is 0.481 e. The van der Waals surface area contributed by atoms with Crippen molar-refractivity contribution >= 4 is 71.0 Å². The lowest BCUT2D eigenvalue weighted by molar-refractivity contribution is -0.144. The molecule has 2 rings (SSSR count). The number of aliphatic carboxylic acids is 1. The normalized spacial score (nSPS) is 17.1. The summed E-state index contributed by atoms with van der Waals surface area (Å²) in [7, 11) is 0. The number of nitrogens with one attached hydrogen (secondary N) is 8. The molecule has 1 fully saturated rings. The van der Waals surface area contributed by atoms with Crippen LogP contribution in [0.15, 0.2) is 35.3 Å². The van der Waals surface area contributed by atoms with Crippen LogP contribution in [0.25, 0.3) is 0 Å². The van der Waals surface area contributed by atoms with Gasteiger partial charge in [-0.2, -0.15) is 0 Å². The fraction of sp³-hybridized carbons (Fsp3) is 0.625. The number of hydrogen-bond acceptors (Lipinski definition) is 15. The number of aliphatic hydroxyl groups is 2. The summed E-state index contributed by atoms with van der Waals surface area (Å²) in [6.07, 6.45) is -1.57. The van der Waals surface area contributed by atoms with Gasteiger partial charge in [0.05, 0.1) is 19.1 Å². The van der Waals surface area contributed by atoms with Gasteiger partial charge in [0.15, 0.2) is 5.96 Å². The maximum absolute atomic E-state index is 14.4. The minimum Gasteiger partial charge on any atom is -0.481 e. The average Bonchev–Trinajstić information content (AvgIpc) is 3.84. The molecule has 1 saturated heterocycles. The number of carboxylic acids is 1. The highest BCUT2D eigenvalue weighted by atomic mass is 16.4. The van der Waals surface area contributed by atoms with E-state index in [0.29, 0.717) is 12.0 Å². The van der Waals surface area contributed by atoms with Crippen LogP contribution in [0.2, 0.25) is 0 Å². The van der Waals surface area contributed by atoms with E-state index in [9.17, 15) is 68.1 Å². The number of aliphatic imine (C=N–C) groups is 1. The average molecular weight is 1080 g/mol.